The van der Waals surface area contributed by atoms with Gasteiger partial charge in [-0.3, -0.25) is 0 Å². The molecule has 0 amide bonds. The van der Waals surface area contributed by atoms with E-state index in [1.807, 2.05) is 31.2 Å². The van der Waals surface area contributed by atoms with Gasteiger partial charge in [0.1, 0.15) is 24.4 Å². The topological polar surface area (TPSA) is 188 Å². The first kappa shape index (κ1) is 52.9. The molecule has 1 radical (unpaired) electrons. The van der Waals surface area contributed by atoms with E-state index in [1.165, 1.54) is 0 Å². The largest absolute Gasteiger partial charge is 2.00 e. The van der Waals surface area contributed by atoms with Crippen molar-refractivity contribution >= 4 is 22.6 Å². The zero-order chi connectivity index (χ0) is 36.9. The van der Waals surface area contributed by atoms with Crippen LogP contribution in [0, 0.1) is 71.0 Å². The van der Waals surface area contributed by atoms with Gasteiger partial charge < -0.3 is 85.1 Å². The Morgan fingerprint density at radius 2 is 1.27 bits per heavy atom. The molecule has 11 nitrogen and oxygen atoms in total. The van der Waals surface area contributed by atoms with Gasteiger partial charge in [-0.15, -0.1) is 0 Å². The van der Waals surface area contributed by atoms with Crippen molar-refractivity contribution in [3.63, 3.8) is 0 Å². The molecular weight excluding hydrogens is 712 g/mol. The van der Waals surface area contributed by atoms with Gasteiger partial charge in [-0.05, 0) is 64.4 Å². The van der Waals surface area contributed by atoms with E-state index < -0.39 is 0 Å². The van der Waals surface area contributed by atoms with E-state index in [2.05, 4.69) is 73.6 Å². The number of ether oxygens (including phenoxy) is 1. The van der Waals surface area contributed by atoms with Crippen LogP contribution in [0.15, 0.2) is 65.1 Å². The van der Waals surface area contributed by atoms with Gasteiger partial charge in [-0.25, -0.2) is 9.37 Å². The van der Waals surface area contributed by atoms with Crippen LogP contribution in [0.25, 0.3) is 33.4 Å². The van der Waals surface area contributed by atoms with Crippen LogP contribution in [0.4, 0.5) is 5.69 Å². The van der Waals surface area contributed by atoms with Crippen molar-refractivity contribution in [3.05, 3.63) is 111 Å². The zero-order valence-corrected chi connectivity index (χ0v) is 29.8. The van der Waals surface area contributed by atoms with E-state index in [4.69, 9.17) is 80.2 Å². The average Bonchev–Trinajstić information content (AvgIpc) is 3.16. The Morgan fingerprint density at radius 3 is 1.76 bits per heavy atom. The van der Waals surface area contributed by atoms with Crippen LogP contribution in [0.3, 0.4) is 0 Å². The number of esters is 1. The van der Waals surface area contributed by atoms with Crippen LogP contribution in [-0.4, -0.2) is 38.8 Å². The summed E-state index contributed by atoms with van der Waals surface area (Å²) in [5.74, 6) is 0.483. The smallest absolute Gasteiger partial charge is 0.512 e. The summed E-state index contributed by atoms with van der Waals surface area (Å²) in [6.45, 7) is 43.0. The second kappa shape index (κ2) is 32.3. The molecule has 0 saturated heterocycles. The molecular formula is C36H35CuFeN8O3-. The Hall–Kier alpha value is -5.62. The molecule has 2 aromatic carbocycles. The van der Waals surface area contributed by atoms with E-state index >= 15 is 0 Å². The molecule has 0 atom stereocenters. The molecule has 2 aliphatic rings. The van der Waals surface area contributed by atoms with Crippen LogP contribution in [-0.2, 0) is 38.9 Å². The Bertz CT molecular complexity index is 1630. The number of hydrogen-bond donors (Lipinski definition) is 0. The van der Waals surface area contributed by atoms with Gasteiger partial charge in [0.15, 0.2) is 0 Å². The maximum atomic E-state index is 12.9. The number of benzene rings is 3. The predicted molar refractivity (Wildman–Crippen MR) is 174 cm³/mol. The molecule has 0 unspecified atom stereocenters. The van der Waals surface area contributed by atoms with Gasteiger partial charge in [0.25, 0.3) is 0 Å². The van der Waals surface area contributed by atoms with Crippen molar-refractivity contribution in [1.82, 2.24) is 4.58 Å². The molecule has 0 bridgehead atoms. The van der Waals surface area contributed by atoms with Crippen molar-refractivity contribution < 1.29 is 48.1 Å². The third-order valence-corrected chi connectivity index (χ3v) is 6.64. The number of rotatable bonds is 8. The fourth-order valence-electron chi connectivity index (χ4n) is 4.82. The molecule has 13 heteroatoms. The molecule has 0 aromatic heterocycles. The minimum Gasteiger partial charge on any atom is -0.512 e. The quantitative estimate of drug-likeness (QED) is 0.0624. The molecule has 257 valence electrons. The van der Waals surface area contributed by atoms with Crippen molar-refractivity contribution in [1.29, 1.82) is 31.6 Å². The number of carbonyl (C=O) groups is 1. The second-order valence-electron chi connectivity index (χ2n) is 8.45. The number of hydrogen-bond acceptors (Lipinski definition) is 10. The summed E-state index contributed by atoms with van der Waals surface area (Å²) in [4.78, 5) is 15.2. The molecule has 0 N–H and O–H groups in total. The number of anilines is 1. The van der Waals surface area contributed by atoms with E-state index in [1.54, 1.807) is 0 Å². The van der Waals surface area contributed by atoms with Crippen LogP contribution < -0.4 is 14.8 Å². The van der Waals surface area contributed by atoms with Gasteiger partial charge in [-0.2, -0.15) is 0 Å². The second-order valence-corrected chi connectivity index (χ2v) is 8.45. The molecule has 1 aliphatic carbocycles. The van der Waals surface area contributed by atoms with Gasteiger partial charge in [0.2, 0.25) is 5.36 Å². The van der Waals surface area contributed by atoms with Crippen LogP contribution >= 0.6 is 0 Å². The Labute approximate surface area is 311 Å². The maximum absolute atomic E-state index is 12.9. The van der Waals surface area contributed by atoms with E-state index in [0.717, 1.165) is 70.6 Å². The van der Waals surface area contributed by atoms with Gasteiger partial charge in [0, 0.05) is 47.4 Å². The molecule has 1 aliphatic heterocycles. The van der Waals surface area contributed by atoms with Crippen LogP contribution in [0.5, 0.6) is 0 Å². The van der Waals surface area contributed by atoms with Gasteiger partial charge >= 0.3 is 40.1 Å². The van der Waals surface area contributed by atoms with Crippen molar-refractivity contribution in [3.8, 4) is 22.5 Å². The summed E-state index contributed by atoms with van der Waals surface area (Å²) in [5.41, 5.74) is 5.29. The molecule has 49 heavy (non-hydrogen) atoms. The molecule has 0 saturated carbocycles. The predicted octanol–water partition coefficient (Wildman–Crippen LogP) is 6.61. The SMILES string of the molecule is CCOC(=O)c1ccccc1-c1c2ccc(=[N+](CC)CC)cc-2oc2cc(N(CC)CC)ccc12.[C-]#N.[C-]#N.[C-]#N.[C-]#N.[C-]#N.[C-]#N.[Cu+2].[Fe+2]. The van der Waals surface area contributed by atoms with Crippen molar-refractivity contribution in [2.45, 2.75) is 34.6 Å². The van der Waals surface area contributed by atoms with Crippen molar-refractivity contribution in [2.24, 2.45) is 0 Å². The fourth-order valence-corrected chi connectivity index (χ4v) is 4.82. The summed E-state index contributed by atoms with van der Waals surface area (Å²) in [6.07, 6.45) is 0. The Balaban J connectivity index is -0.000000417. The van der Waals surface area contributed by atoms with Gasteiger partial charge in [0.05, 0.1) is 18.2 Å². The minimum atomic E-state index is -0.315. The Morgan fingerprint density at radius 1 is 0.735 bits per heavy atom. The Kier molecular flexibility index (Phi) is 34.9. The summed E-state index contributed by atoms with van der Waals surface area (Å²) in [6, 6.07) is 20.4. The molecule has 0 fully saturated rings. The van der Waals surface area contributed by atoms with Crippen LogP contribution in [0.1, 0.15) is 45.0 Å². The third-order valence-electron chi connectivity index (χ3n) is 6.64. The van der Waals surface area contributed by atoms with E-state index in [0.29, 0.717) is 12.2 Å². The molecule has 2 aromatic rings. The summed E-state index contributed by atoms with van der Waals surface area (Å²) < 4.78 is 14.2. The number of nitrogens with zero attached hydrogens (tertiary/aromatic N) is 8. The summed E-state index contributed by atoms with van der Waals surface area (Å²) in [7, 11) is 0. The number of fused-ring (bicyclic) bond motifs is 2. The van der Waals surface area contributed by atoms with Gasteiger partial charge in [-0.1, -0.05) is 18.2 Å². The fraction of sp³-hybridized carbons (Fsp3) is 0.278. The number of carbonyl (C=O) groups excluding carboxylic acids is 1. The maximum Gasteiger partial charge on any atom is 2.00 e. The normalized spacial score (nSPS) is 8.18. The average molecular weight is 747 g/mol. The van der Waals surface area contributed by atoms with Crippen LogP contribution in [0.2, 0.25) is 0 Å². The summed E-state index contributed by atoms with van der Waals surface area (Å²) >= 11 is 0. The third kappa shape index (κ3) is 14.0. The summed E-state index contributed by atoms with van der Waals surface area (Å²) in [5, 5.41) is 39.6. The first-order chi connectivity index (χ1) is 23.1. The standard InChI is InChI=1S/C30H35N2O3.6CN.Cu.Fe/c1-6-31(7-2)21-15-17-25-27(19-21)35-28-20-22(32(8-3)9-4)16-18-26(28)29(25)23-13-11-12-14-24(23)30(33)34-10-5;6*1-2;;/h11-20H,6-10H2,1-5H3;;;;;;;;/q+1;6*-1;2*+2. The van der Waals surface area contributed by atoms with E-state index in [-0.39, 0.29) is 40.1 Å². The first-order valence-corrected chi connectivity index (χ1v) is 14.0. The molecule has 0 spiro atoms. The zero-order valence-electron chi connectivity index (χ0n) is 27.8. The van der Waals surface area contributed by atoms with E-state index in [9.17, 15) is 4.79 Å². The molecule has 1 heterocycles. The monoisotopic (exact) mass is 746 g/mol. The minimum absolute atomic E-state index is 0. The van der Waals surface area contributed by atoms with Crippen molar-refractivity contribution in [2.75, 3.05) is 37.7 Å². The molecule has 4 rings (SSSR count). The first-order valence-electron chi connectivity index (χ1n) is 14.0.